The summed E-state index contributed by atoms with van der Waals surface area (Å²) in [6.07, 6.45) is 2.00. The summed E-state index contributed by atoms with van der Waals surface area (Å²) in [5.74, 6) is 0.974. The summed E-state index contributed by atoms with van der Waals surface area (Å²) in [6, 6.07) is 13.2. The summed E-state index contributed by atoms with van der Waals surface area (Å²) in [6.45, 7) is 0.530. The molecular weight excluding hydrogens is 374 g/mol. The Balaban J connectivity index is 1.69. The number of methoxy groups -OCH3 is 1. The summed E-state index contributed by atoms with van der Waals surface area (Å²) >= 11 is 1.17. The molecule has 0 atom stereocenters. The Kier molecular flexibility index (Phi) is 6.03. The molecule has 1 amide bonds. The van der Waals surface area contributed by atoms with Gasteiger partial charge in [-0.3, -0.25) is 4.79 Å². The molecular formula is C20H19N5O2S. The maximum atomic E-state index is 12.8. The van der Waals surface area contributed by atoms with Crippen molar-refractivity contribution < 1.29 is 9.53 Å². The number of pyridine rings is 1. The molecule has 0 radical (unpaired) electrons. The fourth-order valence-electron chi connectivity index (χ4n) is 2.74. The first-order valence-electron chi connectivity index (χ1n) is 8.71. The van der Waals surface area contributed by atoms with E-state index in [1.807, 2.05) is 41.3 Å². The minimum absolute atomic E-state index is 0.0167. The SMILES string of the molecule is COc1ccc(CN(C(=O)CSc2nc(N)c(C#N)cc2C#N)C2CC2)cc1. The number of carbonyl (C=O) groups is 1. The lowest BCUT2D eigenvalue weighted by Gasteiger charge is -2.22. The second kappa shape index (κ2) is 8.64. The van der Waals surface area contributed by atoms with Crippen LogP contribution in [0.15, 0.2) is 35.4 Å². The van der Waals surface area contributed by atoms with Crippen LogP contribution in [0.2, 0.25) is 0 Å². The molecule has 2 aromatic rings. The van der Waals surface area contributed by atoms with E-state index in [0.717, 1.165) is 24.2 Å². The lowest BCUT2D eigenvalue weighted by atomic mass is 10.2. The average Bonchev–Trinajstić information content (AvgIpc) is 3.55. The van der Waals surface area contributed by atoms with Gasteiger partial charge in [-0.1, -0.05) is 23.9 Å². The van der Waals surface area contributed by atoms with Crippen LogP contribution in [0.4, 0.5) is 5.82 Å². The van der Waals surface area contributed by atoms with E-state index in [2.05, 4.69) is 4.98 Å². The molecule has 2 N–H and O–H groups in total. The number of nitriles is 2. The number of nitrogens with zero attached hydrogens (tertiary/aromatic N) is 4. The number of anilines is 1. The lowest BCUT2D eigenvalue weighted by molar-refractivity contribution is -0.129. The molecule has 1 heterocycles. The van der Waals surface area contributed by atoms with Crippen LogP contribution in [0.5, 0.6) is 5.75 Å². The van der Waals surface area contributed by atoms with Crippen molar-refractivity contribution in [3.8, 4) is 17.9 Å². The van der Waals surface area contributed by atoms with Crippen molar-refractivity contribution in [3.63, 3.8) is 0 Å². The van der Waals surface area contributed by atoms with Crippen molar-refractivity contribution in [3.05, 3.63) is 47.0 Å². The Morgan fingerprint density at radius 1 is 1.29 bits per heavy atom. The first-order valence-corrected chi connectivity index (χ1v) is 9.70. The maximum absolute atomic E-state index is 12.8. The van der Waals surface area contributed by atoms with Crippen LogP contribution in [0.1, 0.15) is 29.5 Å². The van der Waals surface area contributed by atoms with E-state index in [1.54, 1.807) is 7.11 Å². The van der Waals surface area contributed by atoms with Gasteiger partial charge in [0, 0.05) is 12.6 Å². The van der Waals surface area contributed by atoms with E-state index < -0.39 is 0 Å². The molecule has 3 rings (SSSR count). The second-order valence-corrected chi connectivity index (χ2v) is 7.35. The largest absolute Gasteiger partial charge is 0.497 e. The van der Waals surface area contributed by atoms with Crippen LogP contribution >= 0.6 is 11.8 Å². The molecule has 0 spiro atoms. The summed E-state index contributed by atoms with van der Waals surface area (Å²) in [7, 11) is 1.62. The van der Waals surface area contributed by atoms with E-state index in [-0.39, 0.29) is 34.6 Å². The zero-order valence-electron chi connectivity index (χ0n) is 15.4. The lowest BCUT2D eigenvalue weighted by Crippen LogP contribution is -2.34. The Bertz CT molecular complexity index is 958. The second-order valence-electron chi connectivity index (χ2n) is 6.39. The van der Waals surface area contributed by atoms with Gasteiger partial charge in [-0.05, 0) is 36.6 Å². The van der Waals surface area contributed by atoms with Crippen molar-refractivity contribution in [2.24, 2.45) is 0 Å². The van der Waals surface area contributed by atoms with Crippen molar-refractivity contribution in [2.45, 2.75) is 30.5 Å². The third kappa shape index (κ3) is 4.54. The number of thioether (sulfide) groups is 1. The van der Waals surface area contributed by atoms with E-state index in [9.17, 15) is 10.1 Å². The zero-order chi connectivity index (χ0) is 20.1. The number of rotatable bonds is 7. The molecule has 0 aliphatic heterocycles. The highest BCUT2D eigenvalue weighted by molar-refractivity contribution is 8.00. The predicted molar refractivity (Wildman–Crippen MR) is 105 cm³/mol. The number of aromatic nitrogens is 1. The molecule has 0 bridgehead atoms. The van der Waals surface area contributed by atoms with Crippen LogP contribution in [0.25, 0.3) is 0 Å². The van der Waals surface area contributed by atoms with E-state index in [1.165, 1.54) is 17.8 Å². The van der Waals surface area contributed by atoms with Gasteiger partial charge in [-0.15, -0.1) is 0 Å². The highest BCUT2D eigenvalue weighted by Crippen LogP contribution is 2.31. The minimum atomic E-state index is -0.0167. The highest BCUT2D eigenvalue weighted by atomic mass is 32.2. The van der Waals surface area contributed by atoms with E-state index in [4.69, 9.17) is 15.7 Å². The number of hydrogen-bond donors (Lipinski definition) is 1. The van der Waals surface area contributed by atoms with Crippen LogP contribution < -0.4 is 10.5 Å². The third-order valence-electron chi connectivity index (χ3n) is 4.41. The molecule has 1 aromatic carbocycles. The highest BCUT2D eigenvalue weighted by Gasteiger charge is 2.32. The summed E-state index contributed by atoms with van der Waals surface area (Å²) in [4.78, 5) is 18.8. The smallest absolute Gasteiger partial charge is 0.233 e. The van der Waals surface area contributed by atoms with Gasteiger partial charge in [-0.25, -0.2) is 4.98 Å². The van der Waals surface area contributed by atoms with Gasteiger partial charge >= 0.3 is 0 Å². The molecule has 0 saturated heterocycles. The summed E-state index contributed by atoms with van der Waals surface area (Å²) in [5, 5.41) is 18.7. The molecule has 1 aliphatic rings. The predicted octanol–water partition coefficient (Wildman–Crippen LogP) is 2.70. The summed E-state index contributed by atoms with van der Waals surface area (Å²) in [5.41, 5.74) is 7.18. The molecule has 1 fully saturated rings. The quantitative estimate of drug-likeness (QED) is 0.719. The number of nitrogens with two attached hydrogens (primary N) is 1. The number of ether oxygens (including phenoxy) is 1. The number of nitrogen functional groups attached to an aromatic ring is 1. The van der Waals surface area contributed by atoms with E-state index in [0.29, 0.717) is 11.6 Å². The normalized spacial score (nSPS) is 12.7. The zero-order valence-corrected chi connectivity index (χ0v) is 16.2. The molecule has 8 heteroatoms. The van der Waals surface area contributed by atoms with Gasteiger partial charge in [0.2, 0.25) is 5.91 Å². The van der Waals surface area contributed by atoms with Crippen molar-refractivity contribution in [1.29, 1.82) is 10.5 Å². The fraction of sp³-hybridized carbons (Fsp3) is 0.300. The maximum Gasteiger partial charge on any atom is 0.233 e. The molecule has 28 heavy (non-hydrogen) atoms. The fourth-order valence-corrected chi connectivity index (χ4v) is 3.59. The Labute approximate surface area is 167 Å². The first kappa shape index (κ1) is 19.5. The molecule has 1 aliphatic carbocycles. The Morgan fingerprint density at radius 3 is 2.54 bits per heavy atom. The average molecular weight is 393 g/mol. The van der Waals surface area contributed by atoms with Crippen LogP contribution in [-0.2, 0) is 11.3 Å². The van der Waals surface area contributed by atoms with Gasteiger partial charge in [0.05, 0.1) is 24.0 Å². The number of amides is 1. The standard InChI is InChI=1S/C20H19N5O2S/c1-27-17-6-2-13(3-7-17)11-25(16-4-5-16)18(26)12-28-20-15(10-22)8-14(9-21)19(23)24-20/h2-3,6-8,16H,4-5,11-12H2,1H3,(H2,23,24). The number of carbonyl (C=O) groups excluding carboxylic acids is 1. The monoisotopic (exact) mass is 393 g/mol. The van der Waals surface area contributed by atoms with Crippen LogP contribution in [0, 0.1) is 22.7 Å². The van der Waals surface area contributed by atoms with Crippen molar-refractivity contribution in [1.82, 2.24) is 9.88 Å². The molecule has 142 valence electrons. The van der Waals surface area contributed by atoms with Gasteiger partial charge < -0.3 is 15.4 Å². The first-order chi connectivity index (χ1) is 13.5. The van der Waals surface area contributed by atoms with Crippen molar-refractivity contribution >= 4 is 23.5 Å². The van der Waals surface area contributed by atoms with Gasteiger partial charge in [0.1, 0.15) is 28.7 Å². The molecule has 1 aromatic heterocycles. The Hall–Kier alpha value is -3.23. The van der Waals surface area contributed by atoms with Crippen LogP contribution in [-0.4, -0.2) is 34.7 Å². The molecule has 1 saturated carbocycles. The van der Waals surface area contributed by atoms with Crippen molar-refractivity contribution in [2.75, 3.05) is 18.6 Å². The number of hydrogen-bond acceptors (Lipinski definition) is 7. The van der Waals surface area contributed by atoms with Gasteiger partial charge in [0.15, 0.2) is 0 Å². The Morgan fingerprint density at radius 2 is 1.96 bits per heavy atom. The van der Waals surface area contributed by atoms with Gasteiger partial charge in [0.25, 0.3) is 0 Å². The van der Waals surface area contributed by atoms with Crippen LogP contribution in [0.3, 0.4) is 0 Å². The minimum Gasteiger partial charge on any atom is -0.497 e. The van der Waals surface area contributed by atoms with E-state index >= 15 is 0 Å². The van der Waals surface area contributed by atoms with Gasteiger partial charge in [-0.2, -0.15) is 10.5 Å². The molecule has 0 unspecified atom stereocenters. The molecule has 7 nitrogen and oxygen atoms in total. The number of benzene rings is 1. The summed E-state index contributed by atoms with van der Waals surface area (Å²) < 4.78 is 5.17. The third-order valence-corrected chi connectivity index (χ3v) is 5.39. The topological polar surface area (TPSA) is 116 Å².